The largest absolute Gasteiger partial charge is 0.341 e. The van der Waals surface area contributed by atoms with Gasteiger partial charge in [0.25, 0.3) is 5.91 Å². The highest BCUT2D eigenvalue weighted by molar-refractivity contribution is 7.15. The molecule has 0 bridgehead atoms. The van der Waals surface area contributed by atoms with Gasteiger partial charge in [-0.05, 0) is 6.42 Å². The SMILES string of the molecule is CCc1nnc(NC(=O)c2ncc[nH]2)s1. The lowest BCUT2D eigenvalue weighted by Gasteiger charge is -1.95. The highest BCUT2D eigenvalue weighted by Gasteiger charge is 2.10. The van der Waals surface area contributed by atoms with Crippen LogP contribution in [0.1, 0.15) is 22.6 Å². The molecule has 0 atom stereocenters. The molecule has 0 aliphatic rings. The number of rotatable bonds is 3. The van der Waals surface area contributed by atoms with Crippen LogP contribution in [0, 0.1) is 0 Å². The summed E-state index contributed by atoms with van der Waals surface area (Å²) in [5, 5.41) is 11.7. The van der Waals surface area contributed by atoms with Crippen LogP contribution in [0.3, 0.4) is 0 Å². The first-order chi connectivity index (χ1) is 7.29. The van der Waals surface area contributed by atoms with Crippen LogP contribution < -0.4 is 5.32 Å². The molecule has 0 saturated heterocycles. The van der Waals surface area contributed by atoms with E-state index in [0.717, 1.165) is 11.4 Å². The first-order valence-corrected chi connectivity index (χ1v) is 5.24. The molecule has 0 aliphatic carbocycles. The Kier molecular flexibility index (Phi) is 2.72. The lowest BCUT2D eigenvalue weighted by atomic mass is 10.5. The van der Waals surface area contributed by atoms with E-state index in [1.807, 2.05) is 6.92 Å². The smallest absolute Gasteiger partial charge is 0.293 e. The van der Waals surface area contributed by atoms with Gasteiger partial charge in [0.2, 0.25) is 5.13 Å². The number of hydrogen-bond donors (Lipinski definition) is 2. The van der Waals surface area contributed by atoms with Crippen LogP contribution in [0.2, 0.25) is 0 Å². The molecule has 0 aliphatic heterocycles. The first kappa shape index (κ1) is 9.78. The Bertz CT molecular complexity index is 449. The number of carbonyl (C=O) groups excluding carboxylic acids is 1. The van der Waals surface area contributed by atoms with Gasteiger partial charge in [-0.3, -0.25) is 10.1 Å². The molecule has 2 N–H and O–H groups in total. The Hall–Kier alpha value is -1.76. The zero-order valence-electron chi connectivity index (χ0n) is 8.02. The number of amides is 1. The van der Waals surface area contributed by atoms with Gasteiger partial charge in [-0.15, -0.1) is 10.2 Å². The molecule has 0 saturated carbocycles. The second-order valence-electron chi connectivity index (χ2n) is 2.75. The summed E-state index contributed by atoms with van der Waals surface area (Å²) in [6.45, 7) is 1.98. The molecular formula is C8H9N5OS. The van der Waals surface area contributed by atoms with E-state index in [0.29, 0.717) is 5.13 Å². The fraction of sp³-hybridized carbons (Fsp3) is 0.250. The van der Waals surface area contributed by atoms with Crippen LogP contribution in [-0.4, -0.2) is 26.1 Å². The number of H-pyrrole nitrogens is 1. The Labute approximate surface area is 89.8 Å². The molecule has 15 heavy (non-hydrogen) atoms. The third kappa shape index (κ3) is 2.18. The molecule has 0 spiro atoms. The van der Waals surface area contributed by atoms with Crippen molar-refractivity contribution < 1.29 is 4.79 Å². The van der Waals surface area contributed by atoms with Crippen LogP contribution in [0.5, 0.6) is 0 Å². The molecule has 2 aromatic rings. The molecule has 0 aromatic carbocycles. The second kappa shape index (κ2) is 4.18. The van der Waals surface area contributed by atoms with Gasteiger partial charge in [-0.1, -0.05) is 18.3 Å². The van der Waals surface area contributed by atoms with Crippen LogP contribution >= 0.6 is 11.3 Å². The molecule has 0 fully saturated rings. The zero-order chi connectivity index (χ0) is 10.7. The van der Waals surface area contributed by atoms with Crippen molar-refractivity contribution in [2.24, 2.45) is 0 Å². The molecule has 1 amide bonds. The van der Waals surface area contributed by atoms with E-state index in [1.54, 1.807) is 6.20 Å². The Morgan fingerprint density at radius 3 is 3.07 bits per heavy atom. The maximum Gasteiger partial charge on any atom is 0.293 e. The van der Waals surface area contributed by atoms with Crippen molar-refractivity contribution in [3.63, 3.8) is 0 Å². The van der Waals surface area contributed by atoms with Crippen LogP contribution in [0.15, 0.2) is 12.4 Å². The molecule has 7 heteroatoms. The van der Waals surface area contributed by atoms with Crippen molar-refractivity contribution in [1.82, 2.24) is 20.2 Å². The Balaban J connectivity index is 2.06. The summed E-state index contributed by atoms with van der Waals surface area (Å²) in [7, 11) is 0. The Morgan fingerprint density at radius 1 is 1.60 bits per heavy atom. The van der Waals surface area contributed by atoms with Crippen LogP contribution in [-0.2, 0) is 6.42 Å². The first-order valence-electron chi connectivity index (χ1n) is 4.42. The quantitative estimate of drug-likeness (QED) is 0.815. The van der Waals surface area contributed by atoms with Crippen molar-refractivity contribution in [1.29, 1.82) is 0 Å². The highest BCUT2D eigenvalue weighted by atomic mass is 32.1. The predicted octanol–water partition coefficient (Wildman–Crippen LogP) is 1.08. The van der Waals surface area contributed by atoms with E-state index >= 15 is 0 Å². The maximum atomic E-state index is 11.5. The minimum Gasteiger partial charge on any atom is -0.341 e. The summed E-state index contributed by atoms with van der Waals surface area (Å²) < 4.78 is 0. The molecule has 0 unspecified atom stereocenters. The molecule has 78 valence electrons. The number of aryl methyl sites for hydroxylation is 1. The monoisotopic (exact) mass is 223 g/mol. The minimum absolute atomic E-state index is 0.267. The summed E-state index contributed by atoms with van der Waals surface area (Å²) >= 11 is 1.36. The van der Waals surface area contributed by atoms with Crippen molar-refractivity contribution in [3.05, 3.63) is 23.2 Å². The van der Waals surface area contributed by atoms with E-state index in [9.17, 15) is 4.79 Å². The summed E-state index contributed by atoms with van der Waals surface area (Å²) in [5.74, 6) is -0.0398. The number of anilines is 1. The van der Waals surface area contributed by atoms with E-state index < -0.39 is 0 Å². The normalized spacial score (nSPS) is 10.2. The van der Waals surface area contributed by atoms with Crippen LogP contribution in [0.4, 0.5) is 5.13 Å². The Morgan fingerprint density at radius 2 is 2.47 bits per heavy atom. The average Bonchev–Trinajstić information content (AvgIpc) is 2.87. The van der Waals surface area contributed by atoms with Gasteiger partial charge in [0.1, 0.15) is 5.01 Å². The molecule has 6 nitrogen and oxygen atoms in total. The van der Waals surface area contributed by atoms with E-state index in [4.69, 9.17) is 0 Å². The maximum absolute atomic E-state index is 11.5. The predicted molar refractivity (Wildman–Crippen MR) is 55.8 cm³/mol. The van der Waals surface area contributed by atoms with Crippen LogP contribution in [0.25, 0.3) is 0 Å². The third-order valence-corrected chi connectivity index (χ3v) is 2.69. The van der Waals surface area contributed by atoms with E-state index in [1.165, 1.54) is 17.5 Å². The zero-order valence-corrected chi connectivity index (χ0v) is 8.84. The summed E-state index contributed by atoms with van der Waals surface area (Å²) in [4.78, 5) is 18.0. The molecule has 2 rings (SSSR count). The number of aromatic amines is 1. The van der Waals surface area contributed by atoms with Gasteiger partial charge >= 0.3 is 0 Å². The number of aromatic nitrogens is 4. The van der Waals surface area contributed by atoms with Crippen molar-refractivity contribution in [3.8, 4) is 0 Å². The van der Waals surface area contributed by atoms with E-state index in [2.05, 4.69) is 25.5 Å². The number of nitrogens with one attached hydrogen (secondary N) is 2. The lowest BCUT2D eigenvalue weighted by molar-refractivity contribution is 0.101. The minimum atomic E-state index is -0.307. The van der Waals surface area contributed by atoms with Gasteiger partial charge in [-0.2, -0.15) is 0 Å². The molecule has 2 heterocycles. The number of hydrogen-bond acceptors (Lipinski definition) is 5. The molecular weight excluding hydrogens is 214 g/mol. The van der Waals surface area contributed by atoms with E-state index in [-0.39, 0.29) is 11.7 Å². The van der Waals surface area contributed by atoms with Crippen molar-refractivity contribution in [2.75, 3.05) is 5.32 Å². The summed E-state index contributed by atoms with van der Waals surface area (Å²) in [5.41, 5.74) is 0. The molecule has 0 radical (unpaired) electrons. The fourth-order valence-corrected chi connectivity index (χ4v) is 1.67. The van der Waals surface area contributed by atoms with Crippen molar-refractivity contribution >= 4 is 22.4 Å². The summed E-state index contributed by atoms with van der Waals surface area (Å²) in [6.07, 6.45) is 3.92. The third-order valence-electron chi connectivity index (χ3n) is 1.70. The standard InChI is InChI=1S/C8H9N5OS/c1-2-5-12-13-8(15-5)11-7(14)6-9-3-4-10-6/h3-4H,2H2,1H3,(H,9,10)(H,11,13,14). The summed E-state index contributed by atoms with van der Waals surface area (Å²) in [6, 6.07) is 0. The van der Waals surface area contributed by atoms with Gasteiger partial charge in [0.05, 0.1) is 0 Å². The van der Waals surface area contributed by atoms with Gasteiger partial charge < -0.3 is 4.98 Å². The van der Waals surface area contributed by atoms with Gasteiger partial charge in [0, 0.05) is 12.4 Å². The lowest BCUT2D eigenvalue weighted by Crippen LogP contribution is -2.13. The number of imidazole rings is 1. The fourth-order valence-electron chi connectivity index (χ4n) is 0.993. The van der Waals surface area contributed by atoms with Crippen molar-refractivity contribution in [2.45, 2.75) is 13.3 Å². The second-order valence-corrected chi connectivity index (χ2v) is 3.81. The number of nitrogens with zero attached hydrogens (tertiary/aromatic N) is 3. The van der Waals surface area contributed by atoms with Gasteiger partial charge in [0.15, 0.2) is 5.82 Å². The molecule has 2 aromatic heterocycles. The average molecular weight is 223 g/mol. The topological polar surface area (TPSA) is 83.6 Å². The number of carbonyl (C=O) groups is 1. The van der Waals surface area contributed by atoms with Gasteiger partial charge in [-0.25, -0.2) is 4.98 Å². The highest BCUT2D eigenvalue weighted by Crippen LogP contribution is 2.15.